The second-order valence-electron chi connectivity index (χ2n) is 5.00. The first kappa shape index (κ1) is 14.6. The molecule has 2 atom stereocenters. The van der Waals surface area contributed by atoms with Crippen LogP contribution in [0.3, 0.4) is 0 Å². The van der Waals surface area contributed by atoms with E-state index in [0.29, 0.717) is 0 Å². The summed E-state index contributed by atoms with van der Waals surface area (Å²) in [5.41, 5.74) is 0. The third-order valence-corrected chi connectivity index (χ3v) is 4.97. The normalized spacial score (nSPS) is 31.1. The van der Waals surface area contributed by atoms with Gasteiger partial charge in [-0.1, -0.05) is 0 Å². The third kappa shape index (κ3) is 4.44. The van der Waals surface area contributed by atoms with Crippen LogP contribution in [-0.4, -0.2) is 49.1 Å². The molecule has 0 bridgehead atoms. The van der Waals surface area contributed by atoms with Crippen molar-refractivity contribution in [1.82, 2.24) is 10.2 Å². The average molecular weight is 265 g/mol. The zero-order valence-electron chi connectivity index (χ0n) is 10.3. The fourth-order valence-corrected chi connectivity index (χ4v) is 4.00. The highest BCUT2D eigenvalue weighted by molar-refractivity contribution is 7.99. The van der Waals surface area contributed by atoms with Gasteiger partial charge in [0.25, 0.3) is 0 Å². The van der Waals surface area contributed by atoms with Crippen LogP contribution in [0.1, 0.15) is 25.7 Å². The highest BCUT2D eigenvalue weighted by Crippen LogP contribution is 2.25. The molecule has 0 amide bonds. The summed E-state index contributed by atoms with van der Waals surface area (Å²) in [6.45, 7) is 3.77. The van der Waals surface area contributed by atoms with Crippen LogP contribution < -0.4 is 5.32 Å². The molecule has 2 saturated heterocycles. The first-order valence-electron chi connectivity index (χ1n) is 6.35. The lowest BCUT2D eigenvalue weighted by molar-refractivity contribution is 0.199. The van der Waals surface area contributed by atoms with Crippen LogP contribution in [-0.2, 0) is 0 Å². The van der Waals surface area contributed by atoms with Crippen molar-refractivity contribution in [2.75, 3.05) is 38.2 Å². The zero-order chi connectivity index (χ0) is 10.5. The lowest BCUT2D eigenvalue weighted by Crippen LogP contribution is -2.36. The second kappa shape index (κ2) is 7.80. The van der Waals surface area contributed by atoms with Gasteiger partial charge in [-0.3, -0.25) is 0 Å². The summed E-state index contributed by atoms with van der Waals surface area (Å²) in [6.07, 6.45) is 5.54. The smallest absolute Gasteiger partial charge is 0.0105 e. The summed E-state index contributed by atoms with van der Waals surface area (Å²) in [5, 5.41) is 3.49. The van der Waals surface area contributed by atoms with E-state index in [1.165, 1.54) is 56.8 Å². The van der Waals surface area contributed by atoms with Gasteiger partial charge in [-0.15, -0.1) is 12.4 Å². The van der Waals surface area contributed by atoms with Crippen LogP contribution >= 0.6 is 24.2 Å². The van der Waals surface area contributed by atoms with Crippen LogP contribution in [0.5, 0.6) is 0 Å². The van der Waals surface area contributed by atoms with Crippen molar-refractivity contribution in [2.45, 2.75) is 31.7 Å². The summed E-state index contributed by atoms with van der Waals surface area (Å²) in [6, 6.07) is 0.839. The lowest BCUT2D eigenvalue weighted by Gasteiger charge is -2.29. The summed E-state index contributed by atoms with van der Waals surface area (Å²) in [7, 11) is 2.33. The predicted molar refractivity (Wildman–Crippen MR) is 75.8 cm³/mol. The molecule has 0 spiro atoms. The van der Waals surface area contributed by atoms with Gasteiger partial charge in [0.1, 0.15) is 0 Å². The van der Waals surface area contributed by atoms with Crippen LogP contribution in [0, 0.1) is 5.92 Å². The first-order chi connectivity index (χ1) is 7.36. The Balaban J connectivity index is 0.00000128. The molecule has 0 saturated carbocycles. The van der Waals surface area contributed by atoms with E-state index in [1.54, 1.807) is 0 Å². The van der Waals surface area contributed by atoms with Gasteiger partial charge in [0, 0.05) is 12.6 Å². The van der Waals surface area contributed by atoms with Crippen molar-refractivity contribution < 1.29 is 0 Å². The van der Waals surface area contributed by atoms with E-state index >= 15 is 0 Å². The zero-order valence-corrected chi connectivity index (χ0v) is 11.9. The Morgan fingerprint density at radius 3 is 2.88 bits per heavy atom. The number of rotatable bonds is 3. The van der Waals surface area contributed by atoms with Gasteiger partial charge in [-0.25, -0.2) is 0 Å². The van der Waals surface area contributed by atoms with E-state index < -0.39 is 0 Å². The van der Waals surface area contributed by atoms with E-state index in [-0.39, 0.29) is 12.4 Å². The molecule has 0 aromatic heterocycles. The topological polar surface area (TPSA) is 15.3 Å². The van der Waals surface area contributed by atoms with Crippen molar-refractivity contribution in [3.05, 3.63) is 0 Å². The number of hydrogen-bond acceptors (Lipinski definition) is 3. The number of hydrogen-bond donors (Lipinski definition) is 1. The fourth-order valence-electron chi connectivity index (χ4n) is 2.73. The molecule has 2 aliphatic rings. The van der Waals surface area contributed by atoms with Crippen LogP contribution in [0.4, 0.5) is 0 Å². The van der Waals surface area contributed by atoms with Gasteiger partial charge in [-0.2, -0.15) is 11.8 Å². The monoisotopic (exact) mass is 264 g/mol. The average Bonchev–Trinajstić information content (AvgIpc) is 2.58. The maximum atomic E-state index is 3.49. The Morgan fingerprint density at radius 2 is 2.12 bits per heavy atom. The maximum absolute atomic E-state index is 3.49. The Bertz CT molecular complexity index is 178. The van der Waals surface area contributed by atoms with E-state index in [2.05, 4.69) is 29.0 Å². The molecule has 1 N–H and O–H groups in total. The van der Waals surface area contributed by atoms with Gasteiger partial charge in [-0.05, 0) is 63.2 Å². The van der Waals surface area contributed by atoms with E-state index in [4.69, 9.17) is 0 Å². The van der Waals surface area contributed by atoms with Crippen molar-refractivity contribution >= 4 is 24.2 Å². The maximum Gasteiger partial charge on any atom is 0.0105 e. The van der Waals surface area contributed by atoms with Gasteiger partial charge in [0.05, 0.1) is 0 Å². The van der Waals surface area contributed by atoms with Crippen LogP contribution in [0.2, 0.25) is 0 Å². The van der Waals surface area contributed by atoms with E-state index in [1.807, 2.05) is 0 Å². The standard InChI is InChI=1S/C12H24N2S.ClH/c1-14(9-11-5-8-15-10-11)12-3-2-6-13-7-4-12;/h11-13H,2-10H2,1H3;1H. The quantitative estimate of drug-likeness (QED) is 0.842. The number of halogens is 1. The molecule has 2 aliphatic heterocycles. The Hall–Kier alpha value is 0.560. The molecule has 2 rings (SSSR count). The highest BCUT2D eigenvalue weighted by Gasteiger charge is 2.22. The minimum atomic E-state index is 0. The molecule has 2 heterocycles. The SMILES string of the molecule is CN(CC1CCSC1)C1CCCNCC1.Cl. The minimum Gasteiger partial charge on any atom is -0.317 e. The first-order valence-corrected chi connectivity index (χ1v) is 7.50. The van der Waals surface area contributed by atoms with Gasteiger partial charge in [0.15, 0.2) is 0 Å². The van der Waals surface area contributed by atoms with E-state index in [9.17, 15) is 0 Å². The second-order valence-corrected chi connectivity index (χ2v) is 6.15. The number of nitrogens with one attached hydrogen (secondary N) is 1. The van der Waals surface area contributed by atoms with Gasteiger partial charge < -0.3 is 10.2 Å². The molecule has 2 fully saturated rings. The van der Waals surface area contributed by atoms with Gasteiger partial charge in [0.2, 0.25) is 0 Å². The molecule has 0 aromatic carbocycles. The molecule has 0 aliphatic carbocycles. The molecule has 0 aromatic rings. The van der Waals surface area contributed by atoms with Crippen LogP contribution in [0.25, 0.3) is 0 Å². The van der Waals surface area contributed by atoms with Crippen molar-refractivity contribution in [3.63, 3.8) is 0 Å². The molecule has 16 heavy (non-hydrogen) atoms. The summed E-state index contributed by atoms with van der Waals surface area (Å²) >= 11 is 2.14. The Labute approximate surface area is 110 Å². The van der Waals surface area contributed by atoms with Crippen LogP contribution in [0.15, 0.2) is 0 Å². The molecule has 96 valence electrons. The van der Waals surface area contributed by atoms with Crippen molar-refractivity contribution in [1.29, 1.82) is 0 Å². The molecule has 2 nitrogen and oxygen atoms in total. The molecule has 2 unspecified atom stereocenters. The van der Waals surface area contributed by atoms with Crippen molar-refractivity contribution in [3.8, 4) is 0 Å². The molecular formula is C12H25ClN2S. The van der Waals surface area contributed by atoms with E-state index in [0.717, 1.165) is 12.0 Å². The summed E-state index contributed by atoms with van der Waals surface area (Å²) in [5.74, 6) is 3.76. The highest BCUT2D eigenvalue weighted by atomic mass is 35.5. The lowest BCUT2D eigenvalue weighted by atomic mass is 10.0. The summed E-state index contributed by atoms with van der Waals surface area (Å²) in [4.78, 5) is 2.63. The van der Waals surface area contributed by atoms with Crippen molar-refractivity contribution in [2.24, 2.45) is 5.92 Å². The Kier molecular flexibility index (Phi) is 7.13. The van der Waals surface area contributed by atoms with Gasteiger partial charge >= 0.3 is 0 Å². The molecule has 4 heteroatoms. The minimum absolute atomic E-state index is 0. The number of nitrogens with zero attached hydrogens (tertiary/aromatic N) is 1. The Morgan fingerprint density at radius 1 is 1.25 bits per heavy atom. The predicted octanol–water partition coefficient (Wildman–Crippen LogP) is 2.24. The third-order valence-electron chi connectivity index (χ3n) is 3.74. The molecular weight excluding hydrogens is 240 g/mol. The summed E-state index contributed by atoms with van der Waals surface area (Å²) < 4.78 is 0. The fraction of sp³-hybridized carbons (Fsp3) is 1.00. The molecule has 0 radical (unpaired) electrons. The number of thioether (sulfide) groups is 1. The largest absolute Gasteiger partial charge is 0.317 e.